The van der Waals surface area contributed by atoms with E-state index in [9.17, 15) is 4.79 Å². The number of carbonyl (C=O) groups excluding carboxylic acids is 1. The van der Waals surface area contributed by atoms with E-state index in [2.05, 4.69) is 28.0 Å². The summed E-state index contributed by atoms with van der Waals surface area (Å²) >= 11 is 3.45. The molecule has 0 bridgehead atoms. The first-order chi connectivity index (χ1) is 11.6. The second-order valence-corrected chi connectivity index (χ2v) is 6.32. The molecular formula is C17H22BrNO5. The van der Waals surface area contributed by atoms with Crippen molar-refractivity contribution in [2.24, 2.45) is 5.16 Å². The van der Waals surface area contributed by atoms with E-state index in [1.807, 2.05) is 12.1 Å². The van der Waals surface area contributed by atoms with Crippen molar-refractivity contribution in [2.45, 2.75) is 38.9 Å². The number of halogens is 1. The van der Waals surface area contributed by atoms with E-state index in [0.29, 0.717) is 24.7 Å². The largest absolute Gasteiger partial charge is 0.478 e. The molecule has 0 saturated heterocycles. The smallest absolute Gasteiger partial charge is 0.346 e. The minimum absolute atomic E-state index is 0.248. The molecule has 0 unspecified atom stereocenters. The van der Waals surface area contributed by atoms with Gasteiger partial charge in [0.15, 0.2) is 6.10 Å². The fourth-order valence-corrected chi connectivity index (χ4v) is 2.60. The minimum atomic E-state index is -0.725. The van der Waals surface area contributed by atoms with Crippen LogP contribution in [0.1, 0.15) is 32.3 Å². The topological polar surface area (TPSA) is 66.3 Å². The zero-order valence-corrected chi connectivity index (χ0v) is 15.7. The van der Waals surface area contributed by atoms with Crippen LogP contribution in [0.25, 0.3) is 0 Å². The SMILES string of the molecule is CCCCO[C@@H]1CON=C1c1cc(Br)ccc1O[C@@H](C)C(=O)OC. The average Bonchev–Trinajstić information content (AvgIpc) is 3.04. The van der Waals surface area contributed by atoms with Crippen LogP contribution in [-0.4, -0.2) is 44.2 Å². The Morgan fingerprint density at radius 3 is 3.00 bits per heavy atom. The van der Waals surface area contributed by atoms with Gasteiger partial charge in [-0.05, 0) is 31.5 Å². The predicted molar refractivity (Wildman–Crippen MR) is 93.4 cm³/mol. The molecular weight excluding hydrogens is 378 g/mol. The van der Waals surface area contributed by atoms with Gasteiger partial charge >= 0.3 is 5.97 Å². The Labute approximate surface area is 150 Å². The fraction of sp³-hybridized carbons (Fsp3) is 0.529. The lowest BCUT2D eigenvalue weighted by molar-refractivity contribution is -0.147. The fourth-order valence-electron chi connectivity index (χ4n) is 2.24. The van der Waals surface area contributed by atoms with Crippen LogP contribution in [-0.2, 0) is 19.1 Å². The Bertz CT molecular complexity index is 605. The first-order valence-electron chi connectivity index (χ1n) is 7.92. The Morgan fingerprint density at radius 1 is 1.50 bits per heavy atom. The van der Waals surface area contributed by atoms with Crippen LogP contribution >= 0.6 is 15.9 Å². The van der Waals surface area contributed by atoms with Crippen molar-refractivity contribution >= 4 is 27.6 Å². The molecule has 24 heavy (non-hydrogen) atoms. The molecule has 1 aliphatic heterocycles. The standard InChI is InChI=1S/C17H22BrNO5/c1-4-5-8-22-15-10-23-19-16(15)13-9-12(18)6-7-14(13)24-11(2)17(20)21-3/h6-7,9,11,15H,4-5,8,10H2,1-3H3/t11-,15+/m0/s1. The van der Waals surface area contributed by atoms with Crippen LogP contribution in [0.3, 0.4) is 0 Å². The maximum absolute atomic E-state index is 11.6. The Morgan fingerprint density at radius 2 is 2.29 bits per heavy atom. The van der Waals surface area contributed by atoms with Gasteiger partial charge in [-0.2, -0.15) is 0 Å². The number of hydrogen-bond donors (Lipinski definition) is 0. The molecule has 0 aromatic heterocycles. The van der Waals surface area contributed by atoms with E-state index in [4.69, 9.17) is 19.0 Å². The summed E-state index contributed by atoms with van der Waals surface area (Å²) < 4.78 is 17.2. The van der Waals surface area contributed by atoms with Crippen molar-refractivity contribution in [3.63, 3.8) is 0 Å². The van der Waals surface area contributed by atoms with Crippen LogP contribution in [0, 0.1) is 0 Å². The van der Waals surface area contributed by atoms with Crippen LogP contribution in [0.5, 0.6) is 5.75 Å². The molecule has 1 aromatic carbocycles. The lowest BCUT2D eigenvalue weighted by Crippen LogP contribution is -2.28. The highest BCUT2D eigenvalue weighted by atomic mass is 79.9. The molecule has 0 aliphatic carbocycles. The molecule has 0 amide bonds. The highest BCUT2D eigenvalue weighted by Gasteiger charge is 2.29. The number of nitrogens with zero attached hydrogens (tertiary/aromatic N) is 1. The molecule has 0 N–H and O–H groups in total. The normalized spacial score (nSPS) is 17.8. The van der Waals surface area contributed by atoms with E-state index in [1.165, 1.54) is 7.11 Å². The minimum Gasteiger partial charge on any atom is -0.478 e. The highest BCUT2D eigenvalue weighted by Crippen LogP contribution is 2.28. The summed E-state index contributed by atoms with van der Waals surface area (Å²) in [6.45, 7) is 4.77. The lowest BCUT2D eigenvalue weighted by atomic mass is 10.0. The van der Waals surface area contributed by atoms with Crippen LogP contribution in [0.15, 0.2) is 27.8 Å². The zero-order chi connectivity index (χ0) is 17.5. The van der Waals surface area contributed by atoms with Crippen molar-refractivity contribution in [2.75, 3.05) is 20.3 Å². The molecule has 1 heterocycles. The van der Waals surface area contributed by atoms with E-state index >= 15 is 0 Å². The number of methoxy groups -OCH3 is 1. The summed E-state index contributed by atoms with van der Waals surface area (Å²) in [6, 6.07) is 5.50. The summed E-state index contributed by atoms with van der Waals surface area (Å²) in [7, 11) is 1.33. The summed E-state index contributed by atoms with van der Waals surface area (Å²) in [5, 5.41) is 4.11. The third kappa shape index (κ3) is 4.70. The van der Waals surface area contributed by atoms with Crippen LogP contribution in [0.4, 0.5) is 0 Å². The molecule has 0 fully saturated rings. The van der Waals surface area contributed by atoms with Crippen molar-refractivity contribution in [3.8, 4) is 5.75 Å². The summed E-state index contributed by atoms with van der Waals surface area (Å²) in [4.78, 5) is 16.8. The number of oxime groups is 1. The molecule has 0 radical (unpaired) electrons. The zero-order valence-electron chi connectivity index (χ0n) is 14.1. The lowest BCUT2D eigenvalue weighted by Gasteiger charge is -2.18. The number of esters is 1. The number of ether oxygens (including phenoxy) is 3. The van der Waals surface area contributed by atoms with Crippen molar-refractivity contribution in [3.05, 3.63) is 28.2 Å². The van der Waals surface area contributed by atoms with Crippen LogP contribution < -0.4 is 4.74 Å². The number of unbranched alkanes of at least 4 members (excludes halogenated alkanes) is 1. The number of rotatable bonds is 8. The summed E-state index contributed by atoms with van der Waals surface area (Å²) in [5.41, 5.74) is 1.40. The monoisotopic (exact) mass is 399 g/mol. The molecule has 132 valence electrons. The molecule has 2 atom stereocenters. The highest BCUT2D eigenvalue weighted by molar-refractivity contribution is 9.10. The summed E-state index contributed by atoms with van der Waals surface area (Å²) in [5.74, 6) is 0.0914. The third-order valence-electron chi connectivity index (χ3n) is 3.57. The van der Waals surface area contributed by atoms with E-state index in [1.54, 1.807) is 13.0 Å². The van der Waals surface area contributed by atoms with Gasteiger partial charge in [0.1, 0.15) is 24.2 Å². The third-order valence-corrected chi connectivity index (χ3v) is 4.06. The first kappa shape index (κ1) is 18.7. The molecule has 7 heteroatoms. The predicted octanol–water partition coefficient (Wildman–Crippen LogP) is 3.31. The van der Waals surface area contributed by atoms with Gasteiger partial charge in [-0.25, -0.2) is 4.79 Å². The quantitative estimate of drug-likeness (QED) is 0.495. The second kappa shape index (κ2) is 9.03. The number of hydrogen-bond acceptors (Lipinski definition) is 6. The summed E-state index contributed by atoms with van der Waals surface area (Å²) in [6.07, 6.45) is 1.06. The number of carbonyl (C=O) groups is 1. The maximum Gasteiger partial charge on any atom is 0.346 e. The molecule has 0 saturated carbocycles. The van der Waals surface area contributed by atoms with Gasteiger partial charge in [-0.1, -0.05) is 34.4 Å². The molecule has 1 aliphatic rings. The van der Waals surface area contributed by atoms with E-state index < -0.39 is 12.1 Å². The van der Waals surface area contributed by atoms with Gasteiger partial charge in [-0.15, -0.1) is 0 Å². The second-order valence-electron chi connectivity index (χ2n) is 5.41. The van der Waals surface area contributed by atoms with Crippen LogP contribution in [0.2, 0.25) is 0 Å². The van der Waals surface area contributed by atoms with E-state index in [-0.39, 0.29) is 6.10 Å². The van der Waals surface area contributed by atoms with Gasteiger partial charge in [0.25, 0.3) is 0 Å². The Hall–Kier alpha value is -1.60. The first-order valence-corrected chi connectivity index (χ1v) is 8.72. The van der Waals surface area contributed by atoms with Gasteiger partial charge in [0.05, 0.1) is 7.11 Å². The van der Waals surface area contributed by atoms with Gasteiger partial charge in [0.2, 0.25) is 0 Å². The van der Waals surface area contributed by atoms with Gasteiger partial charge < -0.3 is 19.0 Å². The maximum atomic E-state index is 11.6. The van der Waals surface area contributed by atoms with Gasteiger partial charge in [-0.3, -0.25) is 0 Å². The van der Waals surface area contributed by atoms with Crippen molar-refractivity contribution in [1.29, 1.82) is 0 Å². The average molecular weight is 400 g/mol. The van der Waals surface area contributed by atoms with Crippen molar-refractivity contribution in [1.82, 2.24) is 0 Å². The molecule has 6 nitrogen and oxygen atoms in total. The molecule has 0 spiro atoms. The molecule has 2 rings (SSSR count). The Kier molecular flexibility index (Phi) is 7.05. The number of benzene rings is 1. The molecule has 1 aromatic rings. The Balaban J connectivity index is 2.21. The van der Waals surface area contributed by atoms with E-state index in [0.717, 1.165) is 22.9 Å². The van der Waals surface area contributed by atoms with Crippen molar-refractivity contribution < 1.29 is 23.8 Å². The van der Waals surface area contributed by atoms with Gasteiger partial charge in [0, 0.05) is 16.6 Å².